The van der Waals surface area contributed by atoms with Crippen LogP contribution in [0.1, 0.15) is 24.1 Å². The van der Waals surface area contributed by atoms with E-state index >= 15 is 0 Å². The highest BCUT2D eigenvalue weighted by Crippen LogP contribution is 2.31. The average molecular weight is 795 g/mol. The lowest BCUT2D eigenvalue weighted by Crippen LogP contribution is -2.56. The maximum absolute atomic E-state index is 10.6. The van der Waals surface area contributed by atoms with E-state index in [4.69, 9.17) is 44.3 Å². The number of hydrogen-bond acceptors (Lipinski definition) is 9. The first kappa shape index (κ1) is 48.2. The van der Waals surface area contributed by atoms with Gasteiger partial charge in [-0.15, -0.1) is 0 Å². The van der Waals surface area contributed by atoms with Crippen LogP contribution in [0.4, 0.5) is 52.7 Å². The maximum Gasteiger partial charge on any atom is 0.490 e. The van der Waals surface area contributed by atoms with Crippen molar-refractivity contribution in [1.82, 2.24) is 19.8 Å². The number of morpholine rings is 1. The van der Waals surface area contributed by atoms with Gasteiger partial charge >= 0.3 is 48.6 Å². The topological polar surface area (TPSA) is 191 Å². The molecule has 2 saturated heterocycles. The third kappa shape index (κ3) is 21.4. The van der Waals surface area contributed by atoms with E-state index in [1.807, 2.05) is 24.7 Å². The summed E-state index contributed by atoms with van der Waals surface area (Å²) in [5.41, 5.74) is 2.52. The van der Waals surface area contributed by atoms with Crippen LogP contribution in [-0.4, -0.2) is 127 Å². The number of piperidine rings is 1. The lowest BCUT2D eigenvalue weighted by molar-refractivity contribution is -0.193. The fraction of sp³-hybridized carbons (Fsp3) is 0.500. The van der Waals surface area contributed by atoms with Gasteiger partial charge in [0, 0.05) is 57.9 Å². The van der Waals surface area contributed by atoms with Crippen molar-refractivity contribution in [2.75, 3.05) is 32.8 Å². The van der Waals surface area contributed by atoms with Crippen molar-refractivity contribution in [3.8, 4) is 0 Å². The van der Waals surface area contributed by atoms with Crippen molar-refractivity contribution >= 4 is 23.9 Å². The number of pyridine rings is 2. The van der Waals surface area contributed by atoms with Gasteiger partial charge in [0.2, 0.25) is 0 Å². The van der Waals surface area contributed by atoms with E-state index in [1.165, 1.54) is 5.56 Å². The quantitative estimate of drug-likeness (QED) is 0.307. The van der Waals surface area contributed by atoms with Gasteiger partial charge < -0.3 is 25.2 Å². The molecule has 0 atom stereocenters. The monoisotopic (exact) mass is 794 g/mol. The second-order valence-corrected chi connectivity index (χ2v) is 10.4. The Bertz CT molecular complexity index is 1320. The van der Waals surface area contributed by atoms with E-state index in [1.54, 1.807) is 0 Å². The number of nitrogens with zero attached hydrogens (tertiary/aromatic N) is 4. The van der Waals surface area contributed by atoms with Crippen molar-refractivity contribution in [2.24, 2.45) is 0 Å². The summed E-state index contributed by atoms with van der Waals surface area (Å²) in [5, 5.41) is 28.5. The van der Waals surface area contributed by atoms with Crippen LogP contribution in [0.15, 0.2) is 48.9 Å². The minimum atomic E-state index is -5.08. The fourth-order valence-corrected chi connectivity index (χ4v) is 3.95. The Morgan fingerprint density at radius 2 is 1.04 bits per heavy atom. The zero-order chi connectivity index (χ0) is 41.3. The smallest absolute Gasteiger partial charge is 0.475 e. The maximum atomic E-state index is 10.6. The first-order valence-electron chi connectivity index (χ1n) is 14.2. The first-order valence-corrected chi connectivity index (χ1v) is 14.2. The third-order valence-electron chi connectivity index (χ3n) is 6.33. The number of hydrogen-bond donors (Lipinski definition) is 4. The molecule has 4 N–H and O–H groups in total. The molecule has 0 aromatic carbocycles. The SMILES string of the molecule is O=C(O)C(F)(F)F.O=C(O)C(F)(F)F.O=C(O)C(F)(F)F.O=C(O)C(F)(F)F.c1ccc(CN2CCOC3(CCN(Cc4ccncc4)CC3)C2)nc1. The molecule has 4 rings (SSSR count). The van der Waals surface area contributed by atoms with Gasteiger partial charge in [-0.25, -0.2) is 19.2 Å². The van der Waals surface area contributed by atoms with E-state index in [-0.39, 0.29) is 5.60 Å². The number of carboxylic acids is 4. The summed E-state index contributed by atoms with van der Waals surface area (Å²) >= 11 is 0. The second kappa shape index (κ2) is 21.1. The number of rotatable bonds is 4. The number of carboxylic acid groups (broad SMARTS) is 4. The number of aliphatic carboxylic acids is 4. The van der Waals surface area contributed by atoms with Crippen molar-refractivity contribution < 1.29 is 97.0 Å². The van der Waals surface area contributed by atoms with Crippen molar-refractivity contribution in [1.29, 1.82) is 0 Å². The summed E-state index contributed by atoms with van der Waals surface area (Å²) in [6.07, 6.45) is -12.5. The van der Waals surface area contributed by atoms with Gasteiger partial charge in [-0.2, -0.15) is 52.7 Å². The standard InChI is InChI=1S/C20H26N4O.4C2HF3O2/c1-2-8-22-19(3-1)16-24-13-14-25-20(17-24)6-11-23(12-7-20)15-18-4-9-21-10-5-18;4*3-2(4,5)1(6)7/h1-5,8-10H,6-7,11-17H2;4*(H,6,7). The summed E-state index contributed by atoms with van der Waals surface area (Å²) in [5.74, 6) is -11.0. The molecule has 2 aromatic heterocycles. The lowest BCUT2D eigenvalue weighted by atomic mass is 9.89. The highest BCUT2D eigenvalue weighted by molar-refractivity contribution is 5.74. The Morgan fingerprint density at radius 1 is 0.623 bits per heavy atom. The van der Waals surface area contributed by atoms with E-state index in [0.717, 1.165) is 64.4 Å². The van der Waals surface area contributed by atoms with Crippen LogP contribution in [0.25, 0.3) is 0 Å². The normalized spacial score (nSPS) is 16.1. The molecular weight excluding hydrogens is 764 g/mol. The number of aromatic nitrogens is 2. The van der Waals surface area contributed by atoms with Crippen molar-refractivity contribution in [3.63, 3.8) is 0 Å². The second-order valence-electron chi connectivity index (χ2n) is 10.4. The van der Waals surface area contributed by atoms with E-state index in [2.05, 4.69) is 44.0 Å². The van der Waals surface area contributed by atoms with E-state index in [0.29, 0.717) is 0 Å². The molecule has 0 unspecified atom stereocenters. The minimum Gasteiger partial charge on any atom is -0.475 e. The van der Waals surface area contributed by atoms with Gasteiger partial charge in [0.25, 0.3) is 0 Å². The molecule has 300 valence electrons. The Balaban J connectivity index is 0.000000791. The molecule has 2 aromatic rings. The lowest BCUT2D eigenvalue weighted by Gasteiger charge is -2.47. The molecule has 25 heteroatoms. The van der Waals surface area contributed by atoms with Crippen molar-refractivity contribution in [2.45, 2.75) is 56.2 Å². The van der Waals surface area contributed by atoms with Gasteiger partial charge in [-0.3, -0.25) is 19.8 Å². The molecule has 0 saturated carbocycles. The van der Waals surface area contributed by atoms with Crippen LogP contribution < -0.4 is 0 Å². The highest BCUT2D eigenvalue weighted by atomic mass is 19.4. The van der Waals surface area contributed by atoms with Gasteiger partial charge in [-0.1, -0.05) is 6.07 Å². The number of ether oxygens (including phenoxy) is 1. The minimum absolute atomic E-state index is 0.0295. The van der Waals surface area contributed by atoms with Gasteiger partial charge in [0.15, 0.2) is 0 Å². The first-order chi connectivity index (χ1) is 24.1. The van der Waals surface area contributed by atoms with Gasteiger partial charge in [-0.05, 0) is 42.7 Å². The summed E-state index contributed by atoms with van der Waals surface area (Å²) < 4.78 is 133. The van der Waals surface area contributed by atoms with E-state index < -0.39 is 48.6 Å². The highest BCUT2D eigenvalue weighted by Gasteiger charge is 2.41. The predicted molar refractivity (Wildman–Crippen MR) is 152 cm³/mol. The summed E-state index contributed by atoms with van der Waals surface area (Å²) in [6, 6.07) is 10.4. The van der Waals surface area contributed by atoms with Crippen molar-refractivity contribution in [3.05, 3.63) is 60.2 Å². The Kier molecular flexibility index (Phi) is 19.2. The molecule has 2 fully saturated rings. The molecular formula is C28H30F12N4O9. The van der Waals surface area contributed by atoms with Crippen LogP contribution in [0.2, 0.25) is 0 Å². The summed E-state index contributed by atoms with van der Waals surface area (Å²) in [4.78, 5) is 49.2. The predicted octanol–water partition coefficient (Wildman–Crippen LogP) is 4.88. The summed E-state index contributed by atoms with van der Waals surface area (Å²) in [7, 11) is 0. The Labute approximate surface area is 290 Å². The van der Waals surface area contributed by atoms with Gasteiger partial charge in [0.05, 0.1) is 17.9 Å². The van der Waals surface area contributed by atoms with Gasteiger partial charge in [0.1, 0.15) is 0 Å². The number of carbonyl (C=O) groups is 4. The molecule has 0 aliphatic carbocycles. The molecule has 0 bridgehead atoms. The van der Waals surface area contributed by atoms with Crippen LogP contribution in [0.5, 0.6) is 0 Å². The van der Waals surface area contributed by atoms with Crippen LogP contribution in [0, 0.1) is 0 Å². The average Bonchev–Trinajstić information content (AvgIpc) is 3.03. The molecule has 0 amide bonds. The van der Waals surface area contributed by atoms with Crippen LogP contribution in [0.3, 0.4) is 0 Å². The molecule has 2 aliphatic rings. The molecule has 1 spiro atoms. The van der Waals surface area contributed by atoms with Crippen LogP contribution >= 0.6 is 0 Å². The fourth-order valence-electron chi connectivity index (χ4n) is 3.95. The summed E-state index contributed by atoms with van der Waals surface area (Å²) in [6.45, 7) is 6.98. The third-order valence-corrected chi connectivity index (χ3v) is 6.33. The molecule has 53 heavy (non-hydrogen) atoms. The molecule has 2 aliphatic heterocycles. The van der Waals surface area contributed by atoms with E-state index in [9.17, 15) is 52.7 Å². The molecule has 4 heterocycles. The number of likely N-dealkylation sites (tertiary alicyclic amines) is 1. The largest absolute Gasteiger partial charge is 0.490 e. The molecule has 13 nitrogen and oxygen atoms in total. The Hall–Kier alpha value is -4.78. The zero-order valence-corrected chi connectivity index (χ0v) is 26.6. The zero-order valence-electron chi connectivity index (χ0n) is 26.6. The number of halogens is 12. The Morgan fingerprint density at radius 3 is 1.40 bits per heavy atom. The van der Waals surface area contributed by atoms with Crippen LogP contribution in [-0.2, 0) is 37.0 Å². The number of alkyl halides is 12. The molecule has 0 radical (unpaired) electrons.